The van der Waals surface area contributed by atoms with Crippen LogP contribution in [0.25, 0.3) is 6.08 Å². The summed E-state index contributed by atoms with van der Waals surface area (Å²) in [5.41, 5.74) is 2.06. The fraction of sp³-hybridized carbons (Fsp3) is 0.0800. The number of rotatable bonds is 6. The number of hydrogen-bond donors (Lipinski definition) is 1. The number of benzene rings is 3. The van der Waals surface area contributed by atoms with E-state index in [1.54, 1.807) is 43.5 Å². The second-order valence-corrected chi connectivity index (χ2v) is 9.25. The topological polar surface area (TPSA) is 79.2 Å². The van der Waals surface area contributed by atoms with Crippen LogP contribution < -0.4 is 4.74 Å². The molecule has 1 aliphatic heterocycles. The highest BCUT2D eigenvalue weighted by Gasteiger charge is 2.30. The number of carbonyl (C=O) groups is 2. The molecule has 3 aromatic carbocycles. The highest BCUT2D eigenvalue weighted by Crippen LogP contribution is 2.35. The monoisotopic (exact) mass is 540 g/mol. The first-order valence-corrected chi connectivity index (χ1v) is 11.7. The lowest BCUT2D eigenvalue weighted by Crippen LogP contribution is -2.23. The predicted octanol–water partition coefficient (Wildman–Crippen LogP) is 6.10. The number of carbonyl (C=O) groups excluding carboxylic acids is 1. The molecule has 4 rings (SSSR count). The van der Waals surface area contributed by atoms with Gasteiger partial charge in [0, 0.05) is 17.1 Å². The summed E-state index contributed by atoms with van der Waals surface area (Å²) in [6, 6.07) is 17.7. The van der Waals surface area contributed by atoms with Gasteiger partial charge >= 0.3 is 5.97 Å². The van der Waals surface area contributed by atoms with Gasteiger partial charge in [-0.25, -0.2) is 14.2 Å². The Hall–Kier alpha value is -3.43. The van der Waals surface area contributed by atoms with Crippen molar-refractivity contribution in [3.8, 4) is 5.75 Å². The summed E-state index contributed by atoms with van der Waals surface area (Å²) in [5, 5.41) is 9.62. The minimum Gasteiger partial charge on any atom is -0.488 e. The maximum atomic E-state index is 13.2. The number of carboxylic acid groups (broad SMARTS) is 1. The molecule has 1 amide bonds. The Kier molecular flexibility index (Phi) is 7.14. The van der Waals surface area contributed by atoms with Gasteiger partial charge in [0.25, 0.3) is 5.91 Å². The number of halogens is 2. The summed E-state index contributed by atoms with van der Waals surface area (Å²) in [7, 11) is 1.61. The first-order chi connectivity index (χ1) is 16.3. The number of likely N-dealkylation sites (N-methyl/N-ethyl adjacent to an activating group) is 1. The van der Waals surface area contributed by atoms with Crippen LogP contribution >= 0.6 is 27.7 Å². The molecule has 0 radical (unpaired) electrons. The number of thioether (sulfide) groups is 1. The number of aliphatic imine (C=N–C) groups is 1. The molecule has 9 heteroatoms. The van der Waals surface area contributed by atoms with E-state index in [9.17, 15) is 19.1 Å². The van der Waals surface area contributed by atoms with Gasteiger partial charge in [0.2, 0.25) is 0 Å². The molecule has 1 N–H and O–H groups in total. The van der Waals surface area contributed by atoms with Crippen molar-refractivity contribution >= 4 is 56.5 Å². The van der Waals surface area contributed by atoms with E-state index < -0.39 is 5.97 Å². The zero-order chi connectivity index (χ0) is 24.2. The normalized spacial score (nSPS) is 15.9. The molecular formula is C25H18BrFN2O4S. The smallest absolute Gasteiger partial charge is 0.335 e. The minimum atomic E-state index is -1.05. The Morgan fingerprint density at radius 2 is 1.94 bits per heavy atom. The van der Waals surface area contributed by atoms with Crippen molar-refractivity contribution < 1.29 is 23.8 Å². The van der Waals surface area contributed by atoms with E-state index in [4.69, 9.17) is 4.74 Å². The van der Waals surface area contributed by atoms with Gasteiger partial charge in [-0.15, -0.1) is 0 Å². The van der Waals surface area contributed by atoms with Gasteiger partial charge < -0.3 is 9.84 Å². The first kappa shape index (κ1) is 23.7. The van der Waals surface area contributed by atoms with Crippen molar-refractivity contribution in [3.05, 3.63) is 98.6 Å². The molecule has 172 valence electrons. The second-order valence-electron chi connectivity index (χ2n) is 7.32. The molecule has 0 aromatic heterocycles. The quantitative estimate of drug-likeness (QED) is 0.382. The third-order valence-corrected chi connectivity index (χ3v) is 6.44. The van der Waals surface area contributed by atoms with Crippen LogP contribution in [0.2, 0.25) is 0 Å². The molecular weight excluding hydrogens is 523 g/mol. The van der Waals surface area contributed by atoms with Crippen molar-refractivity contribution in [1.82, 2.24) is 4.90 Å². The Morgan fingerprint density at radius 3 is 2.68 bits per heavy atom. The number of hydrogen-bond acceptors (Lipinski definition) is 5. The summed E-state index contributed by atoms with van der Waals surface area (Å²) in [5.74, 6) is -1.03. The lowest BCUT2D eigenvalue weighted by molar-refractivity contribution is -0.121. The van der Waals surface area contributed by atoms with Gasteiger partial charge in [0.05, 0.1) is 16.2 Å². The van der Waals surface area contributed by atoms with Crippen LogP contribution in [-0.2, 0) is 11.4 Å². The van der Waals surface area contributed by atoms with E-state index in [2.05, 4.69) is 20.9 Å². The summed E-state index contributed by atoms with van der Waals surface area (Å²) in [6.45, 7) is 0.242. The van der Waals surface area contributed by atoms with Crippen molar-refractivity contribution in [3.63, 3.8) is 0 Å². The van der Waals surface area contributed by atoms with E-state index in [-0.39, 0.29) is 23.9 Å². The van der Waals surface area contributed by atoms with Crippen LogP contribution in [0.4, 0.5) is 10.1 Å². The summed E-state index contributed by atoms with van der Waals surface area (Å²) >= 11 is 4.64. The summed E-state index contributed by atoms with van der Waals surface area (Å²) < 4.78 is 19.9. The molecule has 0 atom stereocenters. The third kappa shape index (κ3) is 5.55. The van der Waals surface area contributed by atoms with Crippen LogP contribution in [0.15, 0.2) is 81.1 Å². The maximum absolute atomic E-state index is 13.2. The van der Waals surface area contributed by atoms with Crippen LogP contribution in [-0.4, -0.2) is 34.1 Å². The molecule has 0 bridgehead atoms. The van der Waals surface area contributed by atoms with Crippen molar-refractivity contribution in [2.45, 2.75) is 6.61 Å². The average molecular weight is 541 g/mol. The Bertz CT molecular complexity index is 1320. The number of ether oxygens (including phenoxy) is 1. The van der Waals surface area contributed by atoms with Gasteiger partial charge in [-0.2, -0.15) is 0 Å². The lowest BCUT2D eigenvalue weighted by atomic mass is 10.1. The zero-order valence-electron chi connectivity index (χ0n) is 17.9. The molecule has 1 saturated heterocycles. The number of nitrogens with zero attached hydrogens (tertiary/aromatic N) is 2. The van der Waals surface area contributed by atoms with Crippen LogP contribution in [0.5, 0.6) is 5.75 Å². The standard InChI is InChI=1S/C25H18BrFN2O4S/c1-29-23(30)22(34-25(29)28-20-4-2-3-16(12-20)24(31)32)13-17-11-18(26)7-10-21(17)33-14-15-5-8-19(27)9-6-15/h2-13H,14H2,1H3,(H,31,32)/b22-13-,28-25?. The largest absolute Gasteiger partial charge is 0.488 e. The van der Waals surface area contributed by atoms with Crippen molar-refractivity contribution in [2.75, 3.05) is 7.05 Å². The first-order valence-electron chi connectivity index (χ1n) is 10.1. The van der Waals surface area contributed by atoms with Gasteiger partial charge in [-0.05, 0) is 71.9 Å². The zero-order valence-corrected chi connectivity index (χ0v) is 20.3. The molecule has 1 heterocycles. The molecule has 34 heavy (non-hydrogen) atoms. The Morgan fingerprint density at radius 1 is 1.18 bits per heavy atom. The molecule has 0 unspecified atom stereocenters. The van der Waals surface area contributed by atoms with Gasteiger partial charge in [0.1, 0.15) is 18.2 Å². The summed E-state index contributed by atoms with van der Waals surface area (Å²) in [6.07, 6.45) is 1.73. The molecule has 1 fully saturated rings. The number of carboxylic acids is 1. The highest BCUT2D eigenvalue weighted by molar-refractivity contribution is 9.10. The van der Waals surface area contributed by atoms with Gasteiger partial charge in [-0.1, -0.05) is 34.1 Å². The molecule has 0 aliphatic carbocycles. The minimum absolute atomic E-state index is 0.117. The van der Waals surface area contributed by atoms with E-state index in [0.29, 0.717) is 27.1 Å². The number of aromatic carboxylic acids is 1. The lowest BCUT2D eigenvalue weighted by Gasteiger charge is -2.10. The van der Waals surface area contributed by atoms with Crippen molar-refractivity contribution in [2.24, 2.45) is 4.99 Å². The van der Waals surface area contributed by atoms with E-state index in [1.165, 1.54) is 40.9 Å². The van der Waals surface area contributed by atoms with Gasteiger partial charge in [0.15, 0.2) is 5.17 Å². The average Bonchev–Trinajstić information content (AvgIpc) is 3.07. The fourth-order valence-electron chi connectivity index (χ4n) is 3.12. The third-order valence-electron chi connectivity index (χ3n) is 4.89. The Labute approximate surface area is 207 Å². The molecule has 3 aromatic rings. The highest BCUT2D eigenvalue weighted by atomic mass is 79.9. The maximum Gasteiger partial charge on any atom is 0.335 e. The van der Waals surface area contributed by atoms with E-state index >= 15 is 0 Å². The molecule has 0 saturated carbocycles. The molecule has 0 spiro atoms. The van der Waals surface area contributed by atoms with Crippen LogP contribution in [0.1, 0.15) is 21.5 Å². The summed E-state index contributed by atoms with van der Waals surface area (Å²) in [4.78, 5) is 30.4. The van der Waals surface area contributed by atoms with Crippen LogP contribution in [0.3, 0.4) is 0 Å². The fourth-order valence-corrected chi connectivity index (χ4v) is 4.47. The second kappa shape index (κ2) is 10.2. The predicted molar refractivity (Wildman–Crippen MR) is 134 cm³/mol. The van der Waals surface area contributed by atoms with E-state index in [0.717, 1.165) is 10.0 Å². The van der Waals surface area contributed by atoms with Crippen LogP contribution in [0, 0.1) is 5.82 Å². The number of amidine groups is 1. The van der Waals surface area contributed by atoms with E-state index in [1.807, 2.05) is 12.1 Å². The number of amides is 1. The molecule has 1 aliphatic rings. The Balaban J connectivity index is 1.59. The SMILES string of the molecule is CN1C(=O)/C(=C/c2cc(Br)ccc2OCc2ccc(F)cc2)SC1=Nc1cccc(C(=O)O)c1. The molecule has 6 nitrogen and oxygen atoms in total. The van der Waals surface area contributed by atoms with Gasteiger partial charge in [-0.3, -0.25) is 9.69 Å². The van der Waals surface area contributed by atoms with Crippen molar-refractivity contribution in [1.29, 1.82) is 0 Å².